The third-order valence-corrected chi connectivity index (χ3v) is 3.97. The molecule has 1 aliphatic rings. The molecule has 2 aromatic rings. The molecule has 1 aromatic carbocycles. The van der Waals surface area contributed by atoms with Gasteiger partial charge in [-0.05, 0) is 30.3 Å². The van der Waals surface area contributed by atoms with Gasteiger partial charge in [-0.25, -0.2) is 0 Å². The summed E-state index contributed by atoms with van der Waals surface area (Å²) in [5.41, 5.74) is -0.788. The Labute approximate surface area is 141 Å². The zero-order valence-electron chi connectivity index (χ0n) is 13.0. The number of hydrogen-bond acceptors (Lipinski definition) is 3. The van der Waals surface area contributed by atoms with Gasteiger partial charge in [-0.3, -0.25) is 9.59 Å². The highest BCUT2D eigenvalue weighted by Gasteiger charge is 2.35. The molecule has 1 atom stereocenters. The van der Waals surface area contributed by atoms with E-state index in [0.29, 0.717) is 5.76 Å². The molecule has 1 saturated heterocycles. The van der Waals surface area contributed by atoms with Crippen molar-refractivity contribution in [3.63, 3.8) is 0 Å². The third-order valence-electron chi connectivity index (χ3n) is 3.97. The Morgan fingerprint density at radius 3 is 2.76 bits per heavy atom. The van der Waals surface area contributed by atoms with E-state index in [4.69, 9.17) is 4.42 Å². The average molecular weight is 352 g/mol. The number of carbonyl (C=O) groups is 2. The number of nitrogens with one attached hydrogen (secondary N) is 1. The molecule has 25 heavy (non-hydrogen) atoms. The number of rotatable bonds is 4. The van der Waals surface area contributed by atoms with Gasteiger partial charge in [-0.1, -0.05) is 6.07 Å². The summed E-state index contributed by atoms with van der Waals surface area (Å²) in [7, 11) is 0. The molecule has 1 aromatic heterocycles. The number of likely N-dealkylation sites (tertiary alicyclic amines) is 1. The highest BCUT2D eigenvalue weighted by Crippen LogP contribution is 2.31. The maximum absolute atomic E-state index is 12.7. The summed E-state index contributed by atoms with van der Waals surface area (Å²) in [5.74, 6) is -0.681. The molecule has 8 heteroatoms. The molecule has 0 spiro atoms. The van der Waals surface area contributed by atoms with Gasteiger partial charge in [0.15, 0.2) is 0 Å². The molecule has 132 valence electrons. The summed E-state index contributed by atoms with van der Waals surface area (Å²) < 4.78 is 43.3. The Hall–Kier alpha value is -2.77. The van der Waals surface area contributed by atoms with Gasteiger partial charge in [0.2, 0.25) is 11.8 Å². The lowest BCUT2D eigenvalue weighted by Crippen LogP contribution is -2.28. The fraction of sp³-hybridized carbons (Fsp3) is 0.294. The van der Waals surface area contributed by atoms with Gasteiger partial charge in [0.05, 0.1) is 24.3 Å². The molecule has 1 fully saturated rings. The fourth-order valence-corrected chi connectivity index (χ4v) is 2.71. The predicted molar refractivity (Wildman–Crippen MR) is 82.3 cm³/mol. The van der Waals surface area contributed by atoms with Crippen molar-refractivity contribution < 1.29 is 27.2 Å². The van der Waals surface area contributed by atoms with Crippen LogP contribution in [-0.2, 0) is 22.3 Å². The van der Waals surface area contributed by atoms with Gasteiger partial charge in [0.25, 0.3) is 0 Å². The highest BCUT2D eigenvalue weighted by atomic mass is 19.4. The van der Waals surface area contributed by atoms with Crippen molar-refractivity contribution in [2.24, 2.45) is 5.92 Å². The summed E-state index contributed by atoms with van der Waals surface area (Å²) in [6.07, 6.45) is -2.97. The van der Waals surface area contributed by atoms with Crippen LogP contribution in [0, 0.1) is 5.92 Å². The molecule has 0 aliphatic carbocycles. The van der Waals surface area contributed by atoms with Crippen molar-refractivity contribution in [2.45, 2.75) is 19.1 Å². The maximum atomic E-state index is 12.7. The summed E-state index contributed by atoms with van der Waals surface area (Å²) in [5, 5.41) is 2.46. The van der Waals surface area contributed by atoms with Crippen LogP contribution in [0.1, 0.15) is 17.7 Å². The number of alkyl halides is 3. The number of hydrogen-bond donors (Lipinski definition) is 1. The second-order valence-corrected chi connectivity index (χ2v) is 5.82. The first-order chi connectivity index (χ1) is 11.8. The third kappa shape index (κ3) is 4.01. The zero-order chi connectivity index (χ0) is 18.0. The SMILES string of the molecule is O=C(Nc1cccc(C(F)(F)F)c1)[C@H]1CC(=O)N(Cc2ccco2)C1. The number of benzene rings is 1. The lowest BCUT2D eigenvalue weighted by atomic mass is 10.1. The van der Waals surface area contributed by atoms with E-state index < -0.39 is 23.6 Å². The Balaban J connectivity index is 1.63. The first-order valence-electron chi connectivity index (χ1n) is 7.61. The molecule has 0 bridgehead atoms. The van der Waals surface area contributed by atoms with Crippen LogP contribution in [0.5, 0.6) is 0 Å². The van der Waals surface area contributed by atoms with E-state index in [1.807, 2.05) is 0 Å². The van der Waals surface area contributed by atoms with Crippen LogP contribution in [-0.4, -0.2) is 23.3 Å². The van der Waals surface area contributed by atoms with Gasteiger partial charge in [0.1, 0.15) is 5.76 Å². The molecular weight excluding hydrogens is 337 g/mol. The van der Waals surface area contributed by atoms with E-state index in [1.54, 1.807) is 12.1 Å². The highest BCUT2D eigenvalue weighted by molar-refractivity contribution is 5.97. The Bertz CT molecular complexity index is 772. The number of furan rings is 1. The lowest BCUT2D eigenvalue weighted by molar-refractivity contribution is -0.137. The van der Waals surface area contributed by atoms with E-state index in [0.717, 1.165) is 12.1 Å². The topological polar surface area (TPSA) is 62.6 Å². The summed E-state index contributed by atoms with van der Waals surface area (Å²) in [6, 6.07) is 7.83. The van der Waals surface area contributed by atoms with E-state index in [-0.39, 0.29) is 31.1 Å². The van der Waals surface area contributed by atoms with Crippen LogP contribution < -0.4 is 5.32 Å². The van der Waals surface area contributed by atoms with Crippen molar-refractivity contribution in [1.29, 1.82) is 0 Å². The van der Waals surface area contributed by atoms with E-state index in [2.05, 4.69) is 5.32 Å². The Kier molecular flexibility index (Phi) is 4.52. The molecule has 2 amide bonds. The smallest absolute Gasteiger partial charge is 0.416 e. The fourth-order valence-electron chi connectivity index (χ4n) is 2.71. The second-order valence-electron chi connectivity index (χ2n) is 5.82. The average Bonchev–Trinajstić information content (AvgIpc) is 3.18. The van der Waals surface area contributed by atoms with Gasteiger partial charge in [0, 0.05) is 18.7 Å². The minimum absolute atomic E-state index is 0.0193. The normalized spacial score (nSPS) is 17.8. The Morgan fingerprint density at radius 1 is 1.28 bits per heavy atom. The molecule has 5 nitrogen and oxygen atoms in total. The van der Waals surface area contributed by atoms with Crippen LogP contribution in [0.15, 0.2) is 47.1 Å². The predicted octanol–water partition coefficient (Wildman–Crippen LogP) is 3.29. The molecule has 0 saturated carbocycles. The van der Waals surface area contributed by atoms with Gasteiger partial charge in [-0.15, -0.1) is 0 Å². The monoisotopic (exact) mass is 352 g/mol. The van der Waals surface area contributed by atoms with Gasteiger partial charge < -0.3 is 14.6 Å². The minimum atomic E-state index is -4.48. The Morgan fingerprint density at radius 2 is 2.08 bits per heavy atom. The summed E-state index contributed by atoms with van der Waals surface area (Å²) in [4.78, 5) is 25.8. The van der Waals surface area contributed by atoms with Crippen molar-refractivity contribution in [3.05, 3.63) is 54.0 Å². The quantitative estimate of drug-likeness (QED) is 0.918. The number of halogens is 3. The van der Waals surface area contributed by atoms with Crippen molar-refractivity contribution >= 4 is 17.5 Å². The second kappa shape index (κ2) is 6.62. The van der Waals surface area contributed by atoms with Crippen LogP contribution in [0.4, 0.5) is 18.9 Å². The molecule has 0 radical (unpaired) electrons. The van der Waals surface area contributed by atoms with Crippen LogP contribution in [0.25, 0.3) is 0 Å². The summed E-state index contributed by atoms with van der Waals surface area (Å²) >= 11 is 0. The molecule has 2 heterocycles. The number of anilines is 1. The van der Waals surface area contributed by atoms with E-state index >= 15 is 0 Å². The van der Waals surface area contributed by atoms with Gasteiger partial charge >= 0.3 is 6.18 Å². The van der Waals surface area contributed by atoms with Crippen molar-refractivity contribution in [1.82, 2.24) is 4.90 Å². The first-order valence-corrected chi connectivity index (χ1v) is 7.61. The molecule has 1 aliphatic heterocycles. The lowest BCUT2D eigenvalue weighted by Gasteiger charge is -2.15. The standard InChI is InChI=1S/C17H15F3N2O3/c18-17(19,20)12-3-1-4-13(8-12)21-16(24)11-7-15(23)22(9-11)10-14-5-2-6-25-14/h1-6,8,11H,7,9-10H2,(H,21,24)/t11-/m0/s1. The van der Waals surface area contributed by atoms with E-state index in [9.17, 15) is 22.8 Å². The minimum Gasteiger partial charge on any atom is -0.467 e. The molecule has 0 unspecified atom stereocenters. The molecule has 3 rings (SSSR count). The molecule has 1 N–H and O–H groups in total. The largest absolute Gasteiger partial charge is 0.467 e. The molecular formula is C17H15F3N2O3. The van der Waals surface area contributed by atoms with Crippen LogP contribution in [0.2, 0.25) is 0 Å². The first kappa shape index (κ1) is 17.1. The summed E-state index contributed by atoms with van der Waals surface area (Å²) in [6.45, 7) is 0.462. The van der Waals surface area contributed by atoms with Crippen LogP contribution in [0.3, 0.4) is 0 Å². The zero-order valence-corrected chi connectivity index (χ0v) is 13.0. The van der Waals surface area contributed by atoms with Crippen molar-refractivity contribution in [2.75, 3.05) is 11.9 Å². The number of amides is 2. The van der Waals surface area contributed by atoms with E-state index in [1.165, 1.54) is 23.3 Å². The van der Waals surface area contributed by atoms with Gasteiger partial charge in [-0.2, -0.15) is 13.2 Å². The number of carbonyl (C=O) groups excluding carboxylic acids is 2. The number of nitrogens with zero attached hydrogens (tertiary/aromatic N) is 1. The van der Waals surface area contributed by atoms with Crippen molar-refractivity contribution in [3.8, 4) is 0 Å². The maximum Gasteiger partial charge on any atom is 0.416 e. The van der Waals surface area contributed by atoms with Crippen LogP contribution >= 0.6 is 0 Å².